The van der Waals surface area contributed by atoms with Gasteiger partial charge in [0.15, 0.2) is 0 Å². The summed E-state index contributed by atoms with van der Waals surface area (Å²) in [6.07, 6.45) is -0.889. The number of likely N-dealkylation sites (tertiary alicyclic amines) is 1. The molecule has 2 fully saturated rings. The van der Waals surface area contributed by atoms with Crippen molar-refractivity contribution in [2.24, 2.45) is 0 Å². The average Bonchev–Trinajstić information content (AvgIpc) is 2.66. The van der Waals surface area contributed by atoms with E-state index in [9.17, 15) is 9.59 Å². The second-order valence-electron chi connectivity index (χ2n) is 5.49. The van der Waals surface area contributed by atoms with Crippen molar-refractivity contribution in [2.45, 2.75) is 38.5 Å². The zero-order valence-corrected chi connectivity index (χ0v) is 10.6. The van der Waals surface area contributed by atoms with Crippen LogP contribution in [-0.2, 0) is 9.47 Å². The van der Waals surface area contributed by atoms with Crippen LogP contribution in [0, 0.1) is 0 Å². The molecule has 0 N–H and O–H groups in total. The molecule has 2 amide bonds. The van der Waals surface area contributed by atoms with Gasteiger partial charge in [0.2, 0.25) is 0 Å². The fraction of sp³-hybridized carbons (Fsp3) is 0.818. The highest BCUT2D eigenvalue weighted by molar-refractivity contribution is 5.73. The third-order valence-corrected chi connectivity index (χ3v) is 2.93. The smallest absolute Gasteiger partial charge is 0.410 e. The minimum atomic E-state index is -0.503. The van der Waals surface area contributed by atoms with E-state index in [1.807, 2.05) is 20.8 Å². The van der Waals surface area contributed by atoms with Crippen LogP contribution in [0.1, 0.15) is 20.8 Å². The maximum Gasteiger partial charge on any atom is 0.410 e. The number of carbonyl (C=O) groups is 2. The first kappa shape index (κ1) is 12.0. The Bertz CT molecular complexity index is 350. The maximum absolute atomic E-state index is 11.8. The lowest BCUT2D eigenvalue weighted by molar-refractivity contribution is 0.0249. The minimum absolute atomic E-state index is 0.0463. The second-order valence-corrected chi connectivity index (χ2v) is 5.49. The van der Waals surface area contributed by atoms with Crippen LogP contribution in [-0.4, -0.2) is 59.9 Å². The van der Waals surface area contributed by atoms with E-state index in [0.29, 0.717) is 13.1 Å². The Balaban J connectivity index is 1.96. The van der Waals surface area contributed by atoms with Crippen molar-refractivity contribution in [3.8, 4) is 0 Å². The number of hydrogen-bond donors (Lipinski definition) is 0. The lowest BCUT2D eigenvalue weighted by Gasteiger charge is -2.25. The van der Waals surface area contributed by atoms with Crippen molar-refractivity contribution in [3.63, 3.8) is 0 Å². The van der Waals surface area contributed by atoms with Crippen LogP contribution in [0.25, 0.3) is 0 Å². The number of fused-ring (bicyclic) bond motifs is 1. The van der Waals surface area contributed by atoms with Gasteiger partial charge in [0.05, 0.1) is 12.6 Å². The lowest BCUT2D eigenvalue weighted by Crippen LogP contribution is -2.39. The van der Waals surface area contributed by atoms with E-state index in [0.717, 1.165) is 0 Å². The molecule has 2 heterocycles. The molecule has 2 aliphatic rings. The summed E-state index contributed by atoms with van der Waals surface area (Å²) in [7, 11) is 1.69. The molecule has 2 aliphatic heterocycles. The molecule has 2 atom stereocenters. The van der Waals surface area contributed by atoms with Gasteiger partial charge in [-0.25, -0.2) is 9.59 Å². The van der Waals surface area contributed by atoms with Gasteiger partial charge in [0.1, 0.15) is 11.7 Å². The van der Waals surface area contributed by atoms with Gasteiger partial charge in [-0.05, 0) is 20.8 Å². The Morgan fingerprint density at radius 1 is 1.41 bits per heavy atom. The summed E-state index contributed by atoms with van der Waals surface area (Å²) in [5.74, 6) is 0. The van der Waals surface area contributed by atoms with Crippen molar-refractivity contribution >= 4 is 12.2 Å². The highest BCUT2D eigenvalue weighted by atomic mass is 16.6. The molecule has 96 valence electrons. The van der Waals surface area contributed by atoms with E-state index in [-0.39, 0.29) is 24.3 Å². The van der Waals surface area contributed by atoms with Crippen molar-refractivity contribution < 1.29 is 19.1 Å². The number of ether oxygens (including phenoxy) is 2. The van der Waals surface area contributed by atoms with Crippen LogP contribution in [0.5, 0.6) is 0 Å². The number of nitrogens with zero attached hydrogens (tertiary/aromatic N) is 2. The average molecular weight is 242 g/mol. The van der Waals surface area contributed by atoms with Gasteiger partial charge >= 0.3 is 12.2 Å². The maximum atomic E-state index is 11.8. The highest BCUT2D eigenvalue weighted by Gasteiger charge is 2.47. The lowest BCUT2D eigenvalue weighted by atomic mass is 10.2. The van der Waals surface area contributed by atoms with Gasteiger partial charge in [0, 0.05) is 13.6 Å². The normalized spacial score (nSPS) is 28.1. The molecule has 0 aromatic heterocycles. The molecule has 2 rings (SSSR count). The summed E-state index contributed by atoms with van der Waals surface area (Å²) in [5.41, 5.74) is -0.503. The molecule has 0 aliphatic carbocycles. The van der Waals surface area contributed by atoms with Gasteiger partial charge in [-0.2, -0.15) is 0 Å². The summed E-state index contributed by atoms with van der Waals surface area (Å²) in [6, 6.07) is -0.0463. The minimum Gasteiger partial charge on any atom is -0.444 e. The molecule has 2 saturated heterocycles. The monoisotopic (exact) mass is 242 g/mol. The molecular weight excluding hydrogens is 224 g/mol. The molecule has 0 radical (unpaired) electrons. The largest absolute Gasteiger partial charge is 0.444 e. The van der Waals surface area contributed by atoms with E-state index in [2.05, 4.69) is 0 Å². The predicted octanol–water partition coefficient (Wildman–Crippen LogP) is 1.06. The molecule has 0 aromatic carbocycles. The standard InChI is InChI=1S/C11H18N2O4/c1-11(2,3)17-10(15)13-5-7-8(6-13)16-9(14)12(7)4/h7-8H,5-6H2,1-4H3/t7-,8+/m1/s1. The molecule has 6 heteroatoms. The van der Waals surface area contributed by atoms with E-state index in [1.54, 1.807) is 11.9 Å². The number of likely N-dealkylation sites (N-methyl/N-ethyl adjacent to an activating group) is 1. The Kier molecular flexibility index (Phi) is 2.67. The van der Waals surface area contributed by atoms with Crippen molar-refractivity contribution in [3.05, 3.63) is 0 Å². The third-order valence-electron chi connectivity index (χ3n) is 2.93. The zero-order valence-electron chi connectivity index (χ0n) is 10.6. The number of rotatable bonds is 0. The van der Waals surface area contributed by atoms with Crippen molar-refractivity contribution in [1.82, 2.24) is 9.80 Å². The van der Waals surface area contributed by atoms with Crippen LogP contribution < -0.4 is 0 Å². The van der Waals surface area contributed by atoms with E-state index >= 15 is 0 Å². The Hall–Kier alpha value is -1.46. The van der Waals surface area contributed by atoms with Crippen molar-refractivity contribution in [1.29, 1.82) is 0 Å². The molecule has 0 saturated carbocycles. The van der Waals surface area contributed by atoms with Crippen molar-refractivity contribution in [2.75, 3.05) is 20.1 Å². The SMILES string of the molecule is CN1C(=O)O[C@H]2CN(C(=O)OC(C)(C)C)C[C@H]21. The topological polar surface area (TPSA) is 59.1 Å². The molecule has 17 heavy (non-hydrogen) atoms. The van der Waals surface area contributed by atoms with Gasteiger partial charge < -0.3 is 19.3 Å². The van der Waals surface area contributed by atoms with E-state index in [1.165, 1.54) is 4.90 Å². The molecule has 6 nitrogen and oxygen atoms in total. The molecule has 0 bridgehead atoms. The number of hydrogen-bond acceptors (Lipinski definition) is 4. The summed E-state index contributed by atoms with van der Waals surface area (Å²) < 4.78 is 10.4. The van der Waals surface area contributed by atoms with Gasteiger partial charge in [-0.3, -0.25) is 0 Å². The molecule has 0 spiro atoms. The third kappa shape index (κ3) is 2.30. The Morgan fingerprint density at radius 3 is 2.59 bits per heavy atom. The molecular formula is C11H18N2O4. The second kappa shape index (κ2) is 3.78. The Morgan fingerprint density at radius 2 is 2.06 bits per heavy atom. The van der Waals surface area contributed by atoms with Crippen LogP contribution in [0.15, 0.2) is 0 Å². The van der Waals surface area contributed by atoms with Crippen LogP contribution in [0.2, 0.25) is 0 Å². The summed E-state index contributed by atoms with van der Waals surface area (Å²) in [5, 5.41) is 0. The Labute approximate surface area is 100 Å². The molecule has 0 unspecified atom stereocenters. The van der Waals surface area contributed by atoms with Crippen LogP contribution >= 0.6 is 0 Å². The van der Waals surface area contributed by atoms with E-state index < -0.39 is 5.60 Å². The van der Waals surface area contributed by atoms with Gasteiger partial charge in [-0.1, -0.05) is 0 Å². The van der Waals surface area contributed by atoms with Gasteiger partial charge in [-0.15, -0.1) is 0 Å². The number of amides is 2. The quantitative estimate of drug-likeness (QED) is 0.637. The predicted molar refractivity (Wildman–Crippen MR) is 59.6 cm³/mol. The summed E-state index contributed by atoms with van der Waals surface area (Å²) in [4.78, 5) is 26.2. The first-order valence-corrected chi connectivity index (χ1v) is 5.69. The highest BCUT2D eigenvalue weighted by Crippen LogP contribution is 2.26. The van der Waals surface area contributed by atoms with Crippen LogP contribution in [0.3, 0.4) is 0 Å². The summed E-state index contributed by atoms with van der Waals surface area (Å²) in [6.45, 7) is 6.37. The number of carbonyl (C=O) groups excluding carboxylic acids is 2. The fourth-order valence-electron chi connectivity index (χ4n) is 2.07. The van der Waals surface area contributed by atoms with E-state index in [4.69, 9.17) is 9.47 Å². The fourth-order valence-corrected chi connectivity index (χ4v) is 2.07. The zero-order chi connectivity index (χ0) is 12.8. The molecule has 0 aromatic rings. The summed E-state index contributed by atoms with van der Waals surface area (Å²) >= 11 is 0. The first-order chi connectivity index (χ1) is 7.78. The first-order valence-electron chi connectivity index (χ1n) is 5.69. The van der Waals surface area contributed by atoms with Gasteiger partial charge in [0.25, 0.3) is 0 Å². The van der Waals surface area contributed by atoms with Crippen LogP contribution in [0.4, 0.5) is 9.59 Å².